The Morgan fingerprint density at radius 2 is 1.58 bits per heavy atom. The van der Waals surface area contributed by atoms with Gasteiger partial charge in [-0.1, -0.05) is 24.3 Å². The fourth-order valence-corrected chi connectivity index (χ4v) is 2.29. The Labute approximate surface area is 116 Å². The van der Waals surface area contributed by atoms with Crippen molar-refractivity contribution in [3.8, 4) is 16.9 Å². The Hall–Kier alpha value is -1.94. The molecule has 2 rings (SSSR count). The third kappa shape index (κ3) is 3.76. The van der Waals surface area contributed by atoms with E-state index in [-0.39, 0.29) is 5.75 Å². The Balaban J connectivity index is 2.10. The van der Waals surface area contributed by atoms with E-state index in [1.165, 1.54) is 11.8 Å². The summed E-state index contributed by atoms with van der Waals surface area (Å²) in [6, 6.07) is 15.7. The van der Waals surface area contributed by atoms with Gasteiger partial charge in [0, 0.05) is 4.90 Å². The van der Waals surface area contributed by atoms with Crippen molar-refractivity contribution in [1.82, 2.24) is 0 Å². The molecule has 3 nitrogen and oxygen atoms in total. The number of ether oxygens (including phenoxy) is 1. The van der Waals surface area contributed by atoms with Crippen LogP contribution < -0.4 is 4.74 Å². The second kappa shape index (κ2) is 6.29. The van der Waals surface area contributed by atoms with Crippen molar-refractivity contribution in [3.63, 3.8) is 0 Å². The Morgan fingerprint density at radius 3 is 2.05 bits per heavy atom. The highest BCUT2D eigenvalue weighted by molar-refractivity contribution is 8.00. The van der Waals surface area contributed by atoms with E-state index >= 15 is 0 Å². The molecule has 1 N–H and O–H groups in total. The average molecular weight is 274 g/mol. The van der Waals surface area contributed by atoms with Crippen LogP contribution in [0.2, 0.25) is 0 Å². The molecule has 0 aromatic heterocycles. The van der Waals surface area contributed by atoms with Gasteiger partial charge in [-0.25, -0.2) is 0 Å². The van der Waals surface area contributed by atoms with Crippen molar-refractivity contribution in [3.05, 3.63) is 48.5 Å². The number of carboxylic acids is 1. The molecular formula is C15H14O3S. The molecule has 0 bridgehead atoms. The molecule has 0 unspecified atom stereocenters. The van der Waals surface area contributed by atoms with E-state index < -0.39 is 5.97 Å². The van der Waals surface area contributed by atoms with Gasteiger partial charge in [-0.2, -0.15) is 0 Å². The summed E-state index contributed by atoms with van der Waals surface area (Å²) in [7, 11) is 1.64. The number of hydrogen-bond acceptors (Lipinski definition) is 3. The van der Waals surface area contributed by atoms with Crippen molar-refractivity contribution >= 4 is 17.7 Å². The zero-order valence-corrected chi connectivity index (χ0v) is 11.3. The van der Waals surface area contributed by atoms with Crippen LogP contribution in [0.3, 0.4) is 0 Å². The van der Waals surface area contributed by atoms with Gasteiger partial charge in [0.15, 0.2) is 0 Å². The number of methoxy groups -OCH3 is 1. The quantitative estimate of drug-likeness (QED) is 0.847. The molecule has 0 aliphatic heterocycles. The van der Waals surface area contributed by atoms with Crippen molar-refractivity contribution < 1.29 is 14.6 Å². The minimum Gasteiger partial charge on any atom is -0.497 e. The normalized spacial score (nSPS) is 10.2. The van der Waals surface area contributed by atoms with Gasteiger partial charge in [0.2, 0.25) is 0 Å². The minimum atomic E-state index is -0.802. The van der Waals surface area contributed by atoms with Crippen LogP contribution in [0.4, 0.5) is 0 Å². The van der Waals surface area contributed by atoms with Crippen LogP contribution >= 0.6 is 11.8 Å². The molecule has 19 heavy (non-hydrogen) atoms. The van der Waals surface area contributed by atoms with E-state index in [0.717, 1.165) is 21.8 Å². The first-order valence-corrected chi connectivity index (χ1v) is 6.76. The zero-order valence-electron chi connectivity index (χ0n) is 10.5. The molecule has 0 fully saturated rings. The predicted octanol–water partition coefficient (Wildman–Crippen LogP) is 3.54. The van der Waals surface area contributed by atoms with Gasteiger partial charge < -0.3 is 9.84 Å². The van der Waals surface area contributed by atoms with E-state index in [2.05, 4.69) is 0 Å². The van der Waals surface area contributed by atoms with Gasteiger partial charge in [-0.3, -0.25) is 4.79 Å². The summed E-state index contributed by atoms with van der Waals surface area (Å²) in [5.74, 6) is 0.114. The van der Waals surface area contributed by atoms with Crippen LogP contribution in [-0.4, -0.2) is 23.9 Å². The molecule has 2 aromatic rings. The first-order chi connectivity index (χ1) is 9.19. The standard InChI is InChI=1S/C15H14O3S/c1-18-13-6-2-11(3-7-13)12-4-8-14(9-5-12)19-10-15(16)17/h2-9H,10H2,1H3,(H,16,17). The average Bonchev–Trinajstić information content (AvgIpc) is 2.46. The van der Waals surface area contributed by atoms with Gasteiger partial charge in [0.1, 0.15) is 5.75 Å². The molecule has 2 aromatic carbocycles. The number of hydrogen-bond donors (Lipinski definition) is 1. The summed E-state index contributed by atoms with van der Waals surface area (Å²) >= 11 is 1.32. The lowest BCUT2D eigenvalue weighted by Crippen LogP contribution is -1.97. The zero-order chi connectivity index (χ0) is 13.7. The summed E-state index contributed by atoms with van der Waals surface area (Å²) < 4.78 is 5.12. The SMILES string of the molecule is COc1ccc(-c2ccc(SCC(=O)O)cc2)cc1. The summed E-state index contributed by atoms with van der Waals surface area (Å²) in [5, 5.41) is 8.62. The Morgan fingerprint density at radius 1 is 1.05 bits per heavy atom. The van der Waals surface area contributed by atoms with Crippen LogP contribution in [0.25, 0.3) is 11.1 Å². The fraction of sp³-hybridized carbons (Fsp3) is 0.133. The molecule has 0 aliphatic carbocycles. The molecule has 0 aliphatic rings. The van der Waals surface area contributed by atoms with Gasteiger partial charge in [0.05, 0.1) is 12.9 Å². The van der Waals surface area contributed by atoms with Gasteiger partial charge in [-0.15, -0.1) is 11.8 Å². The number of thioether (sulfide) groups is 1. The predicted molar refractivity (Wildman–Crippen MR) is 76.8 cm³/mol. The second-order valence-electron chi connectivity index (χ2n) is 3.94. The molecule has 98 valence electrons. The lowest BCUT2D eigenvalue weighted by atomic mass is 10.1. The van der Waals surface area contributed by atoms with Gasteiger partial charge in [0.25, 0.3) is 0 Å². The van der Waals surface area contributed by atoms with E-state index in [1.807, 2.05) is 48.5 Å². The molecule has 4 heteroatoms. The van der Waals surface area contributed by atoms with Crippen LogP contribution in [0.1, 0.15) is 0 Å². The van der Waals surface area contributed by atoms with Gasteiger partial charge >= 0.3 is 5.97 Å². The smallest absolute Gasteiger partial charge is 0.313 e. The Kier molecular flexibility index (Phi) is 4.47. The Bertz CT molecular complexity index is 547. The maximum Gasteiger partial charge on any atom is 0.313 e. The van der Waals surface area contributed by atoms with Crippen LogP contribution in [0.15, 0.2) is 53.4 Å². The third-order valence-electron chi connectivity index (χ3n) is 2.64. The van der Waals surface area contributed by atoms with Crippen molar-refractivity contribution in [2.75, 3.05) is 12.9 Å². The molecule has 0 heterocycles. The number of carbonyl (C=O) groups is 1. The summed E-state index contributed by atoms with van der Waals surface area (Å²) in [6.07, 6.45) is 0. The molecule has 0 saturated heterocycles. The molecule has 0 radical (unpaired) electrons. The van der Waals surface area contributed by atoms with E-state index in [0.29, 0.717) is 0 Å². The van der Waals surface area contributed by atoms with Crippen LogP contribution in [-0.2, 0) is 4.79 Å². The first-order valence-electron chi connectivity index (χ1n) is 5.78. The fourth-order valence-electron chi connectivity index (χ4n) is 1.67. The third-order valence-corrected chi connectivity index (χ3v) is 3.64. The van der Waals surface area contributed by atoms with Gasteiger partial charge in [-0.05, 0) is 35.4 Å². The van der Waals surface area contributed by atoms with Crippen molar-refractivity contribution in [2.45, 2.75) is 4.90 Å². The monoisotopic (exact) mass is 274 g/mol. The highest BCUT2D eigenvalue weighted by atomic mass is 32.2. The highest BCUT2D eigenvalue weighted by Gasteiger charge is 2.01. The summed E-state index contributed by atoms with van der Waals surface area (Å²) in [6.45, 7) is 0. The maximum absolute atomic E-state index is 10.5. The lowest BCUT2D eigenvalue weighted by molar-refractivity contribution is -0.133. The van der Waals surface area contributed by atoms with Crippen LogP contribution in [0, 0.1) is 0 Å². The lowest BCUT2D eigenvalue weighted by Gasteiger charge is -2.05. The second-order valence-corrected chi connectivity index (χ2v) is 4.98. The highest BCUT2D eigenvalue weighted by Crippen LogP contribution is 2.25. The largest absolute Gasteiger partial charge is 0.497 e. The van der Waals surface area contributed by atoms with E-state index in [9.17, 15) is 4.79 Å². The molecule has 0 spiro atoms. The topological polar surface area (TPSA) is 46.5 Å². The first kappa shape index (κ1) is 13.5. The molecular weight excluding hydrogens is 260 g/mol. The summed E-state index contributed by atoms with van der Waals surface area (Å²) in [5.41, 5.74) is 2.21. The summed E-state index contributed by atoms with van der Waals surface area (Å²) in [4.78, 5) is 11.4. The number of rotatable bonds is 5. The number of aliphatic carboxylic acids is 1. The minimum absolute atomic E-state index is 0.0852. The molecule has 0 saturated carbocycles. The molecule has 0 atom stereocenters. The van der Waals surface area contributed by atoms with Crippen molar-refractivity contribution in [2.24, 2.45) is 0 Å². The van der Waals surface area contributed by atoms with E-state index in [1.54, 1.807) is 7.11 Å². The van der Waals surface area contributed by atoms with Crippen molar-refractivity contribution in [1.29, 1.82) is 0 Å². The van der Waals surface area contributed by atoms with Crippen LogP contribution in [0.5, 0.6) is 5.75 Å². The van der Waals surface area contributed by atoms with E-state index in [4.69, 9.17) is 9.84 Å². The molecule has 0 amide bonds. The maximum atomic E-state index is 10.5. The number of carboxylic acid groups (broad SMARTS) is 1. The number of benzene rings is 2.